The van der Waals surface area contributed by atoms with Crippen molar-refractivity contribution in [2.75, 3.05) is 20.3 Å². The Morgan fingerprint density at radius 2 is 2.00 bits per heavy atom. The number of amides is 2. The zero-order valence-electron chi connectivity index (χ0n) is 18.2. The maximum absolute atomic E-state index is 13.0. The van der Waals surface area contributed by atoms with Crippen LogP contribution in [0.15, 0.2) is 42.5 Å². The van der Waals surface area contributed by atoms with Gasteiger partial charge in [-0.3, -0.25) is 19.7 Å². The molecule has 1 N–H and O–H groups in total. The Kier molecular flexibility index (Phi) is 9.27. The number of halogens is 1. The normalized spacial score (nSPS) is 11.4. The highest BCUT2D eigenvalue weighted by molar-refractivity contribution is 6.30. The van der Waals surface area contributed by atoms with Crippen LogP contribution in [0, 0.1) is 10.1 Å². The van der Waals surface area contributed by atoms with Crippen LogP contribution in [-0.2, 0) is 16.1 Å². The zero-order chi connectivity index (χ0) is 23.7. The molecule has 32 heavy (non-hydrogen) atoms. The third kappa shape index (κ3) is 6.84. The first kappa shape index (κ1) is 24.9. The summed E-state index contributed by atoms with van der Waals surface area (Å²) < 4.78 is 10.6. The summed E-state index contributed by atoms with van der Waals surface area (Å²) in [4.78, 5) is 37.4. The van der Waals surface area contributed by atoms with Gasteiger partial charge in [-0.1, -0.05) is 30.7 Å². The summed E-state index contributed by atoms with van der Waals surface area (Å²) in [5.41, 5.74) is 0.549. The Morgan fingerprint density at radius 3 is 2.62 bits per heavy atom. The molecule has 172 valence electrons. The van der Waals surface area contributed by atoms with E-state index in [1.165, 1.54) is 30.2 Å². The molecule has 0 unspecified atom stereocenters. The van der Waals surface area contributed by atoms with Crippen LogP contribution in [0.5, 0.6) is 11.5 Å². The van der Waals surface area contributed by atoms with Gasteiger partial charge in [0.15, 0.2) is 6.61 Å². The second-order valence-electron chi connectivity index (χ2n) is 7.00. The van der Waals surface area contributed by atoms with Crippen LogP contribution in [0.1, 0.15) is 25.8 Å². The topological polar surface area (TPSA) is 111 Å². The van der Waals surface area contributed by atoms with Gasteiger partial charge in [-0.25, -0.2) is 0 Å². The molecule has 1 atom stereocenters. The highest BCUT2D eigenvalue weighted by Gasteiger charge is 2.26. The molecule has 0 aliphatic heterocycles. The minimum Gasteiger partial charge on any atom is -0.490 e. The first-order chi connectivity index (χ1) is 15.3. The van der Waals surface area contributed by atoms with E-state index in [4.69, 9.17) is 21.1 Å². The van der Waals surface area contributed by atoms with Gasteiger partial charge in [-0.05, 0) is 37.1 Å². The molecule has 0 aromatic heterocycles. The van der Waals surface area contributed by atoms with Gasteiger partial charge in [0.1, 0.15) is 11.8 Å². The third-order valence-electron chi connectivity index (χ3n) is 4.67. The Morgan fingerprint density at radius 1 is 1.25 bits per heavy atom. The summed E-state index contributed by atoms with van der Waals surface area (Å²) in [5, 5.41) is 14.3. The van der Waals surface area contributed by atoms with E-state index in [1.54, 1.807) is 25.1 Å². The molecule has 2 amide bonds. The summed E-state index contributed by atoms with van der Waals surface area (Å²) in [6.45, 7) is 3.87. The molecule has 10 heteroatoms. The largest absolute Gasteiger partial charge is 0.490 e. The molecule has 0 saturated heterocycles. The molecule has 0 aliphatic rings. The molecular weight excluding hydrogens is 438 g/mol. The van der Waals surface area contributed by atoms with Crippen molar-refractivity contribution in [3.63, 3.8) is 0 Å². The average molecular weight is 464 g/mol. The molecule has 0 radical (unpaired) electrons. The number of nitrogens with zero attached hydrogens (tertiary/aromatic N) is 2. The molecule has 0 saturated carbocycles. The fourth-order valence-electron chi connectivity index (χ4n) is 2.94. The van der Waals surface area contributed by atoms with E-state index in [-0.39, 0.29) is 36.2 Å². The molecule has 0 fully saturated rings. The second kappa shape index (κ2) is 11.9. The lowest BCUT2D eigenvalue weighted by atomic mass is 10.1. The van der Waals surface area contributed by atoms with Crippen molar-refractivity contribution in [3.05, 3.63) is 63.2 Å². The first-order valence-electron chi connectivity index (χ1n) is 10.0. The lowest BCUT2D eigenvalue weighted by molar-refractivity contribution is -0.385. The zero-order valence-corrected chi connectivity index (χ0v) is 18.9. The van der Waals surface area contributed by atoms with E-state index in [0.717, 1.165) is 12.0 Å². The van der Waals surface area contributed by atoms with Gasteiger partial charge in [-0.2, -0.15) is 0 Å². The molecule has 2 rings (SSSR count). The molecule has 2 aromatic rings. The standard InChI is InChI=1S/C22H26ClN3O6/c1-4-10-24-22(28)15(2)25(13-16-6-5-7-17(23)11-16)21(27)14-32-18-8-9-19(26(29)30)20(12-18)31-3/h5-9,11-12,15H,4,10,13-14H2,1-3H3,(H,24,28)/t15-/m1/s1. The van der Waals surface area contributed by atoms with Gasteiger partial charge < -0.3 is 19.7 Å². The molecule has 0 spiro atoms. The lowest BCUT2D eigenvalue weighted by Crippen LogP contribution is -2.49. The Balaban J connectivity index is 2.18. The summed E-state index contributed by atoms with van der Waals surface area (Å²) in [5.74, 6) is -0.463. The molecular formula is C22H26ClN3O6. The van der Waals surface area contributed by atoms with Crippen LogP contribution < -0.4 is 14.8 Å². The summed E-state index contributed by atoms with van der Waals surface area (Å²) in [6.07, 6.45) is 0.770. The van der Waals surface area contributed by atoms with Crippen molar-refractivity contribution in [3.8, 4) is 11.5 Å². The van der Waals surface area contributed by atoms with Gasteiger partial charge in [-0.15, -0.1) is 0 Å². The van der Waals surface area contributed by atoms with Crippen molar-refractivity contribution in [1.82, 2.24) is 10.2 Å². The molecule has 0 bridgehead atoms. The van der Waals surface area contributed by atoms with Crippen LogP contribution in [-0.4, -0.2) is 47.9 Å². The van der Waals surface area contributed by atoms with Crippen molar-refractivity contribution in [2.45, 2.75) is 32.9 Å². The number of nitro groups is 1. The monoisotopic (exact) mass is 463 g/mol. The van der Waals surface area contributed by atoms with E-state index in [1.807, 2.05) is 13.0 Å². The van der Waals surface area contributed by atoms with Crippen LogP contribution >= 0.6 is 11.6 Å². The van der Waals surface area contributed by atoms with Gasteiger partial charge in [0.2, 0.25) is 11.7 Å². The maximum Gasteiger partial charge on any atom is 0.311 e. The highest BCUT2D eigenvalue weighted by atomic mass is 35.5. The number of hydrogen-bond donors (Lipinski definition) is 1. The Hall–Kier alpha value is -3.33. The number of hydrogen-bond acceptors (Lipinski definition) is 6. The molecule has 2 aromatic carbocycles. The van der Waals surface area contributed by atoms with Crippen LogP contribution in [0.3, 0.4) is 0 Å². The fourth-order valence-corrected chi connectivity index (χ4v) is 3.15. The number of benzene rings is 2. The van der Waals surface area contributed by atoms with Crippen LogP contribution in [0.2, 0.25) is 5.02 Å². The number of ether oxygens (including phenoxy) is 2. The Labute approximate surface area is 191 Å². The minimum atomic E-state index is -0.747. The van der Waals surface area contributed by atoms with Crippen molar-refractivity contribution in [2.24, 2.45) is 0 Å². The first-order valence-corrected chi connectivity index (χ1v) is 10.4. The fraction of sp³-hybridized carbons (Fsp3) is 0.364. The van der Waals surface area contributed by atoms with Crippen molar-refractivity contribution < 1.29 is 24.0 Å². The predicted octanol–water partition coefficient (Wildman–Crippen LogP) is 3.58. The van der Waals surface area contributed by atoms with Crippen molar-refractivity contribution in [1.29, 1.82) is 0 Å². The lowest BCUT2D eigenvalue weighted by Gasteiger charge is -2.28. The SMILES string of the molecule is CCCNC(=O)[C@@H](C)N(Cc1cccc(Cl)c1)C(=O)COc1ccc([N+](=O)[O-])c(OC)c1. The number of carbonyl (C=O) groups excluding carboxylic acids is 2. The van der Waals surface area contributed by atoms with Gasteiger partial charge in [0.25, 0.3) is 5.91 Å². The summed E-state index contributed by atoms with van der Waals surface area (Å²) in [7, 11) is 1.31. The molecule has 0 heterocycles. The minimum absolute atomic E-state index is 0.0167. The van der Waals surface area contributed by atoms with Crippen LogP contribution in [0.25, 0.3) is 0 Å². The summed E-state index contributed by atoms with van der Waals surface area (Å²) in [6, 6.07) is 10.2. The number of carbonyl (C=O) groups is 2. The van der Waals surface area contributed by atoms with Crippen molar-refractivity contribution >= 4 is 29.1 Å². The van der Waals surface area contributed by atoms with Gasteiger partial charge in [0.05, 0.1) is 12.0 Å². The maximum atomic E-state index is 13.0. The predicted molar refractivity (Wildman–Crippen MR) is 120 cm³/mol. The second-order valence-corrected chi connectivity index (χ2v) is 7.43. The van der Waals surface area contributed by atoms with Gasteiger partial charge >= 0.3 is 5.69 Å². The number of rotatable bonds is 11. The van der Waals surface area contributed by atoms with E-state index >= 15 is 0 Å². The highest BCUT2D eigenvalue weighted by Crippen LogP contribution is 2.30. The number of nitro benzene ring substituents is 1. The molecule has 0 aliphatic carbocycles. The average Bonchev–Trinajstić information content (AvgIpc) is 2.78. The van der Waals surface area contributed by atoms with E-state index in [2.05, 4.69) is 5.32 Å². The number of methoxy groups -OCH3 is 1. The third-order valence-corrected chi connectivity index (χ3v) is 4.90. The van der Waals surface area contributed by atoms with Gasteiger partial charge in [0, 0.05) is 30.2 Å². The molecule has 9 nitrogen and oxygen atoms in total. The smallest absolute Gasteiger partial charge is 0.311 e. The van der Waals surface area contributed by atoms with E-state index in [9.17, 15) is 19.7 Å². The van der Waals surface area contributed by atoms with Crippen LogP contribution in [0.4, 0.5) is 5.69 Å². The Bertz CT molecular complexity index is 968. The summed E-state index contributed by atoms with van der Waals surface area (Å²) >= 11 is 6.06. The number of nitrogens with one attached hydrogen (secondary N) is 1. The van der Waals surface area contributed by atoms with E-state index < -0.39 is 16.9 Å². The quantitative estimate of drug-likeness (QED) is 0.402. The van der Waals surface area contributed by atoms with E-state index in [0.29, 0.717) is 11.6 Å².